The van der Waals surface area contributed by atoms with Gasteiger partial charge in [0.25, 0.3) is 0 Å². The molecule has 0 aliphatic heterocycles. The summed E-state index contributed by atoms with van der Waals surface area (Å²) < 4.78 is 1.93. The smallest absolute Gasteiger partial charge is 0.328 e. The summed E-state index contributed by atoms with van der Waals surface area (Å²) in [6.45, 7) is -1.05. The molecule has 2 aromatic carbocycles. The number of aliphatic hydroxyl groups excluding tert-OH is 1. The fourth-order valence-corrected chi connectivity index (χ4v) is 3.89. The molecule has 1 aromatic heterocycles. The van der Waals surface area contributed by atoms with Crippen LogP contribution in [0.15, 0.2) is 48.5 Å². The number of nitrogens with one attached hydrogen (secondary N) is 1. The molecule has 0 saturated carbocycles. The molecule has 1 amide bonds. The predicted octanol–water partition coefficient (Wildman–Crippen LogP) is 3.02. The van der Waals surface area contributed by atoms with E-state index in [9.17, 15) is 19.8 Å². The van der Waals surface area contributed by atoms with Crippen molar-refractivity contribution in [2.75, 3.05) is 23.4 Å². The van der Waals surface area contributed by atoms with Gasteiger partial charge in [0.15, 0.2) is 17.7 Å². The monoisotopic (exact) mass is 567 g/mol. The lowest BCUT2D eigenvalue weighted by Crippen LogP contribution is -2.47. The number of hydrogen-bond donors (Lipinski definition) is 5. The summed E-state index contributed by atoms with van der Waals surface area (Å²) in [6.07, 6.45) is 0. The van der Waals surface area contributed by atoms with Crippen molar-refractivity contribution in [3.8, 4) is 5.69 Å². The third kappa shape index (κ3) is 6.57. The van der Waals surface area contributed by atoms with Crippen molar-refractivity contribution in [1.82, 2.24) is 14.8 Å². The van der Waals surface area contributed by atoms with Gasteiger partial charge in [0.1, 0.15) is 8.39 Å². The topological polar surface area (TPSA) is 121 Å². The van der Waals surface area contributed by atoms with Crippen molar-refractivity contribution in [3.63, 3.8) is 0 Å². The second-order valence-corrected chi connectivity index (χ2v) is 9.78. The molecule has 0 saturated heterocycles. The minimum Gasteiger partial charge on any atom is -0.480 e. The summed E-state index contributed by atoms with van der Waals surface area (Å²) in [7, 11) is 0. The summed E-state index contributed by atoms with van der Waals surface area (Å²) in [6, 6.07) is 11.6. The largest absolute Gasteiger partial charge is 0.480 e. The third-order valence-corrected chi connectivity index (χ3v) is 5.76. The van der Waals surface area contributed by atoms with Gasteiger partial charge < -0.3 is 20.4 Å². The molecule has 9 nitrogen and oxygen atoms in total. The van der Waals surface area contributed by atoms with Crippen LogP contribution in [0.3, 0.4) is 0 Å². The van der Waals surface area contributed by atoms with Gasteiger partial charge >= 0.3 is 5.97 Å². The molecule has 1 heterocycles. The van der Waals surface area contributed by atoms with Crippen molar-refractivity contribution >= 4 is 92.9 Å². The lowest BCUT2D eigenvalue weighted by atomic mass is 10.2. The summed E-state index contributed by atoms with van der Waals surface area (Å²) in [5.74, 6) is -1.25. The minimum atomic E-state index is -1.34. The zero-order chi connectivity index (χ0) is 25.7. The molecular formula is C21H18ClN5O4S4. The Morgan fingerprint density at radius 1 is 1.09 bits per heavy atom. The van der Waals surface area contributed by atoms with Gasteiger partial charge in [-0.1, -0.05) is 42.1 Å². The highest BCUT2D eigenvalue weighted by atomic mass is 35.5. The first-order chi connectivity index (χ1) is 16.6. The third-order valence-electron chi connectivity index (χ3n) is 4.74. The van der Waals surface area contributed by atoms with E-state index in [-0.39, 0.29) is 26.6 Å². The molecule has 0 fully saturated rings. The zero-order valence-electron chi connectivity index (χ0n) is 17.7. The van der Waals surface area contributed by atoms with Gasteiger partial charge in [-0.25, -0.2) is 4.79 Å². The SMILES string of the molecule is O=C(CN(c1ccc(Cl)cc1)C(CO)C(=O)O)Nc1cccc(-n2c(C(=S)S)nnc2C(=S)S)c1. The Balaban J connectivity index is 1.89. The highest BCUT2D eigenvalue weighted by molar-refractivity contribution is 8.12. The molecule has 3 N–H and O–H groups in total. The molecule has 35 heavy (non-hydrogen) atoms. The van der Waals surface area contributed by atoms with Gasteiger partial charge in [-0.05, 0) is 42.5 Å². The molecule has 0 spiro atoms. The van der Waals surface area contributed by atoms with Gasteiger partial charge in [-0.3, -0.25) is 9.36 Å². The first-order valence-electron chi connectivity index (χ1n) is 9.80. The minimum absolute atomic E-state index is 0.185. The number of thiocarbonyl (C=S) groups is 2. The van der Waals surface area contributed by atoms with Crippen LogP contribution < -0.4 is 10.2 Å². The average Bonchev–Trinajstić information content (AvgIpc) is 3.25. The number of nitrogens with zero attached hydrogens (tertiary/aromatic N) is 4. The average molecular weight is 568 g/mol. The summed E-state index contributed by atoms with van der Waals surface area (Å²) in [4.78, 5) is 25.9. The lowest BCUT2D eigenvalue weighted by molar-refractivity contribution is -0.139. The molecule has 14 heteroatoms. The van der Waals surface area contributed by atoms with Crippen molar-refractivity contribution in [2.45, 2.75) is 6.04 Å². The van der Waals surface area contributed by atoms with E-state index >= 15 is 0 Å². The van der Waals surface area contributed by atoms with Gasteiger partial charge in [-0.2, -0.15) is 0 Å². The van der Waals surface area contributed by atoms with Crippen LogP contribution in [0.5, 0.6) is 0 Å². The van der Waals surface area contributed by atoms with E-state index in [4.69, 9.17) is 36.0 Å². The number of aliphatic carboxylic acids is 1. The fraction of sp³-hybridized carbons (Fsp3) is 0.143. The van der Waals surface area contributed by atoms with E-state index in [1.165, 1.54) is 4.90 Å². The zero-order valence-corrected chi connectivity index (χ0v) is 21.9. The highest BCUT2D eigenvalue weighted by Crippen LogP contribution is 2.23. The van der Waals surface area contributed by atoms with Crippen LogP contribution in [0.25, 0.3) is 5.69 Å². The standard InChI is InChI=1S/C21H18ClN5O4S4/c22-11-4-6-13(7-5-11)26(15(10-28)19(30)31)9-16(29)23-12-2-1-3-14(8-12)27-17(20(32)33)24-25-18(27)21(34)35/h1-8,15,28H,9-10H2,(H,23,29)(H,30,31)(H,32,33)(H,34,35). The van der Waals surface area contributed by atoms with Crippen LogP contribution in [0.4, 0.5) is 11.4 Å². The maximum Gasteiger partial charge on any atom is 0.328 e. The van der Waals surface area contributed by atoms with Crippen molar-refractivity contribution < 1.29 is 19.8 Å². The number of benzene rings is 2. The number of hydrogen-bond acceptors (Lipinski definition) is 8. The first kappa shape index (κ1) is 27.0. The van der Waals surface area contributed by atoms with E-state index < -0.39 is 24.5 Å². The van der Waals surface area contributed by atoms with Crippen molar-refractivity contribution in [2.24, 2.45) is 0 Å². The Morgan fingerprint density at radius 2 is 1.69 bits per heavy atom. The number of carbonyl (C=O) groups excluding carboxylic acids is 1. The number of anilines is 2. The van der Waals surface area contributed by atoms with Crippen LogP contribution in [-0.4, -0.2) is 64.4 Å². The van der Waals surface area contributed by atoms with E-state index in [2.05, 4.69) is 40.8 Å². The van der Waals surface area contributed by atoms with Gasteiger partial charge in [0.2, 0.25) is 5.91 Å². The molecule has 1 atom stereocenters. The number of thiol groups is 2. The normalized spacial score (nSPS) is 11.5. The molecule has 1 unspecified atom stereocenters. The number of rotatable bonds is 10. The number of carboxylic acid groups (broad SMARTS) is 1. The number of aliphatic hydroxyl groups is 1. The van der Waals surface area contributed by atoms with Gasteiger partial charge in [0.05, 0.1) is 18.8 Å². The van der Waals surface area contributed by atoms with E-state index in [1.54, 1.807) is 53.1 Å². The van der Waals surface area contributed by atoms with Crippen LogP contribution in [-0.2, 0) is 9.59 Å². The van der Waals surface area contributed by atoms with Crippen molar-refractivity contribution in [1.29, 1.82) is 0 Å². The molecule has 0 aliphatic carbocycles. The molecule has 3 rings (SSSR count). The van der Waals surface area contributed by atoms with Crippen LogP contribution >= 0.6 is 61.3 Å². The van der Waals surface area contributed by atoms with Crippen LogP contribution in [0.2, 0.25) is 5.02 Å². The number of aromatic nitrogens is 3. The second kappa shape index (κ2) is 11.9. The Bertz CT molecular complexity index is 1250. The number of carbonyl (C=O) groups is 2. The highest BCUT2D eigenvalue weighted by Gasteiger charge is 2.27. The molecule has 3 aromatic rings. The molecule has 0 aliphatic rings. The summed E-state index contributed by atoms with van der Waals surface area (Å²) >= 11 is 24.6. The van der Waals surface area contributed by atoms with E-state index in [0.29, 0.717) is 22.1 Å². The Labute approximate surface area is 226 Å². The van der Waals surface area contributed by atoms with E-state index in [1.807, 2.05) is 0 Å². The molecular weight excluding hydrogens is 550 g/mol. The first-order valence-corrected chi connectivity index (χ1v) is 11.9. The fourth-order valence-electron chi connectivity index (χ4n) is 3.21. The Morgan fingerprint density at radius 3 is 2.20 bits per heavy atom. The molecule has 0 bridgehead atoms. The second-order valence-electron chi connectivity index (χ2n) is 7.03. The summed E-state index contributed by atoms with van der Waals surface area (Å²) in [5.41, 5.74) is 1.35. The number of amides is 1. The maximum atomic E-state index is 12.9. The lowest BCUT2D eigenvalue weighted by Gasteiger charge is -2.29. The predicted molar refractivity (Wildman–Crippen MR) is 149 cm³/mol. The Kier molecular flexibility index (Phi) is 9.21. The number of carboxylic acids is 1. The van der Waals surface area contributed by atoms with Crippen molar-refractivity contribution in [3.05, 3.63) is 65.2 Å². The van der Waals surface area contributed by atoms with Crippen LogP contribution in [0.1, 0.15) is 11.6 Å². The van der Waals surface area contributed by atoms with Crippen LogP contribution in [0, 0.1) is 0 Å². The van der Waals surface area contributed by atoms with Gasteiger partial charge in [0, 0.05) is 16.4 Å². The summed E-state index contributed by atoms with van der Waals surface area (Å²) in [5, 5.41) is 30.4. The molecule has 182 valence electrons. The van der Waals surface area contributed by atoms with Gasteiger partial charge in [-0.15, -0.1) is 35.5 Å². The molecule has 0 radical (unpaired) electrons. The Hall–Kier alpha value is -2.55. The number of halogens is 1. The van der Waals surface area contributed by atoms with E-state index in [0.717, 1.165) is 0 Å². The quantitative estimate of drug-likeness (QED) is 0.186. The maximum absolute atomic E-state index is 12.9.